The van der Waals surface area contributed by atoms with E-state index in [2.05, 4.69) is 9.62 Å². The molecule has 1 aliphatic rings. The molecule has 6 nitrogen and oxygen atoms in total. The Morgan fingerprint density at radius 1 is 0.882 bits per heavy atom. The molecule has 34 heavy (non-hydrogen) atoms. The number of rotatable bonds is 5. The van der Waals surface area contributed by atoms with E-state index in [1.54, 1.807) is 42.2 Å². The minimum absolute atomic E-state index is 0.105. The highest BCUT2D eigenvalue weighted by Crippen LogP contribution is 2.26. The highest BCUT2D eigenvalue weighted by molar-refractivity contribution is 7.92. The maximum absolute atomic E-state index is 13.2. The van der Waals surface area contributed by atoms with Crippen LogP contribution in [-0.2, 0) is 10.0 Å². The summed E-state index contributed by atoms with van der Waals surface area (Å²) in [7, 11) is -3.84. The number of hydrogen-bond donors (Lipinski definition) is 1. The number of nitrogens with one attached hydrogen (secondary N) is 1. The Morgan fingerprint density at radius 3 is 2.29 bits per heavy atom. The normalized spacial score (nSPS) is 14.2. The first kappa shape index (κ1) is 24.1. The van der Waals surface area contributed by atoms with E-state index in [1.165, 1.54) is 6.07 Å². The Balaban J connectivity index is 1.50. The number of carbonyl (C=O) groups is 1. The lowest BCUT2D eigenvalue weighted by Gasteiger charge is -2.37. The van der Waals surface area contributed by atoms with Crippen molar-refractivity contribution in [1.29, 1.82) is 0 Å². The molecule has 4 rings (SSSR count). The summed E-state index contributed by atoms with van der Waals surface area (Å²) < 4.78 is 28.8. The van der Waals surface area contributed by atoms with Crippen LogP contribution in [0.4, 0.5) is 11.4 Å². The van der Waals surface area contributed by atoms with Gasteiger partial charge in [-0.25, -0.2) is 8.42 Å². The van der Waals surface area contributed by atoms with Gasteiger partial charge in [0.1, 0.15) is 0 Å². The van der Waals surface area contributed by atoms with Crippen molar-refractivity contribution in [3.8, 4) is 0 Å². The van der Waals surface area contributed by atoms with Crippen LogP contribution in [0.3, 0.4) is 0 Å². The van der Waals surface area contributed by atoms with Gasteiger partial charge >= 0.3 is 0 Å². The zero-order chi connectivity index (χ0) is 24.5. The van der Waals surface area contributed by atoms with Gasteiger partial charge in [0, 0.05) is 48.1 Å². The van der Waals surface area contributed by atoms with Crippen molar-refractivity contribution >= 4 is 38.9 Å². The zero-order valence-electron chi connectivity index (χ0n) is 19.5. The second-order valence-corrected chi connectivity index (χ2v) is 10.8. The van der Waals surface area contributed by atoms with Crippen molar-refractivity contribution in [3.05, 3.63) is 87.9 Å². The Bertz CT molecular complexity index is 1330. The van der Waals surface area contributed by atoms with Crippen LogP contribution in [0.1, 0.15) is 27.0 Å². The number of benzene rings is 3. The number of hydrogen-bond acceptors (Lipinski definition) is 4. The number of piperazine rings is 1. The Morgan fingerprint density at radius 2 is 1.59 bits per heavy atom. The third-order valence-electron chi connectivity index (χ3n) is 6.07. The van der Waals surface area contributed by atoms with E-state index in [0.717, 1.165) is 16.8 Å². The first-order valence-corrected chi connectivity index (χ1v) is 13.0. The van der Waals surface area contributed by atoms with Gasteiger partial charge in [0.25, 0.3) is 15.9 Å². The second kappa shape index (κ2) is 9.68. The predicted molar refractivity (Wildman–Crippen MR) is 137 cm³/mol. The van der Waals surface area contributed by atoms with E-state index in [4.69, 9.17) is 11.6 Å². The van der Waals surface area contributed by atoms with E-state index in [1.807, 2.05) is 38.1 Å². The van der Waals surface area contributed by atoms with Crippen molar-refractivity contribution in [3.63, 3.8) is 0 Å². The monoisotopic (exact) mass is 497 g/mol. The lowest BCUT2D eigenvalue weighted by molar-refractivity contribution is 0.0746. The number of carbonyl (C=O) groups excluding carboxylic acids is 1. The fraction of sp³-hybridized carbons (Fsp3) is 0.269. The number of amides is 1. The second-order valence-electron chi connectivity index (χ2n) is 8.67. The van der Waals surface area contributed by atoms with Gasteiger partial charge < -0.3 is 9.80 Å². The highest BCUT2D eigenvalue weighted by atomic mass is 35.5. The molecule has 1 fully saturated rings. The van der Waals surface area contributed by atoms with Gasteiger partial charge in [0.15, 0.2) is 0 Å². The third kappa shape index (κ3) is 5.21. The SMILES string of the molecule is Cc1cccc(NS(=O)(=O)c2cc(C(=O)N3CCN(c4cc(Cl)ccc4C)CC3)ccc2C)c1. The summed E-state index contributed by atoms with van der Waals surface area (Å²) in [4.78, 5) is 17.3. The smallest absolute Gasteiger partial charge is 0.262 e. The number of aryl methyl sites for hydroxylation is 3. The predicted octanol–water partition coefficient (Wildman–Crippen LogP) is 5.03. The molecule has 0 unspecified atom stereocenters. The van der Waals surface area contributed by atoms with Crippen LogP contribution >= 0.6 is 11.6 Å². The maximum Gasteiger partial charge on any atom is 0.262 e. The van der Waals surface area contributed by atoms with Gasteiger partial charge in [0.2, 0.25) is 0 Å². The molecule has 0 saturated carbocycles. The van der Waals surface area contributed by atoms with Crippen LogP contribution in [0.5, 0.6) is 0 Å². The quantitative estimate of drug-likeness (QED) is 0.537. The molecule has 1 aliphatic heterocycles. The first-order valence-electron chi connectivity index (χ1n) is 11.1. The molecule has 0 atom stereocenters. The van der Waals surface area contributed by atoms with Crippen molar-refractivity contribution in [1.82, 2.24) is 4.90 Å². The Labute approximate surface area is 206 Å². The molecule has 3 aromatic carbocycles. The summed E-state index contributed by atoms with van der Waals surface area (Å²) in [5, 5.41) is 0.687. The molecule has 0 bridgehead atoms. The van der Waals surface area contributed by atoms with E-state index in [0.29, 0.717) is 48.0 Å². The van der Waals surface area contributed by atoms with Crippen LogP contribution in [0.15, 0.2) is 65.6 Å². The van der Waals surface area contributed by atoms with Gasteiger partial charge in [0.05, 0.1) is 4.90 Å². The average Bonchev–Trinajstić information content (AvgIpc) is 2.80. The van der Waals surface area contributed by atoms with Gasteiger partial charge in [-0.15, -0.1) is 0 Å². The van der Waals surface area contributed by atoms with Gasteiger partial charge in [-0.3, -0.25) is 9.52 Å². The molecular formula is C26H28ClN3O3S. The van der Waals surface area contributed by atoms with E-state index in [-0.39, 0.29) is 10.8 Å². The standard InChI is InChI=1S/C26H28ClN3O3S/c1-18-5-4-6-23(15-18)28-34(32,33)25-16-21(9-7-20(25)3)26(31)30-13-11-29(12-14-30)24-17-22(27)10-8-19(24)2/h4-10,15-17,28H,11-14H2,1-3H3. The Hall–Kier alpha value is -3.03. The fourth-order valence-electron chi connectivity index (χ4n) is 4.20. The molecule has 0 aliphatic carbocycles. The maximum atomic E-state index is 13.2. The molecule has 1 saturated heterocycles. The van der Waals surface area contributed by atoms with Gasteiger partial charge in [-0.1, -0.05) is 35.9 Å². The number of nitrogens with zero attached hydrogens (tertiary/aromatic N) is 2. The third-order valence-corrected chi connectivity index (χ3v) is 7.83. The summed E-state index contributed by atoms with van der Waals surface area (Å²) in [5.74, 6) is -0.172. The summed E-state index contributed by atoms with van der Waals surface area (Å²) in [6, 6.07) is 17.8. The van der Waals surface area contributed by atoms with Crippen LogP contribution in [0.2, 0.25) is 5.02 Å². The summed E-state index contributed by atoms with van der Waals surface area (Å²) >= 11 is 6.17. The van der Waals surface area contributed by atoms with Gasteiger partial charge in [-0.2, -0.15) is 0 Å². The summed E-state index contributed by atoms with van der Waals surface area (Å²) in [5.41, 5.74) is 4.60. The number of anilines is 2. The lowest BCUT2D eigenvalue weighted by Crippen LogP contribution is -2.49. The van der Waals surface area contributed by atoms with E-state index in [9.17, 15) is 13.2 Å². The first-order chi connectivity index (χ1) is 16.1. The number of halogens is 1. The zero-order valence-corrected chi connectivity index (χ0v) is 21.1. The molecule has 0 spiro atoms. The van der Waals surface area contributed by atoms with Crippen LogP contribution < -0.4 is 9.62 Å². The molecule has 1 amide bonds. The molecular weight excluding hydrogens is 470 g/mol. The molecule has 1 heterocycles. The van der Waals surface area contributed by atoms with Crippen LogP contribution in [0.25, 0.3) is 0 Å². The summed E-state index contributed by atoms with van der Waals surface area (Å²) in [6.07, 6.45) is 0. The van der Waals surface area contributed by atoms with Crippen molar-refractivity contribution in [2.24, 2.45) is 0 Å². The van der Waals surface area contributed by atoms with Crippen molar-refractivity contribution in [2.45, 2.75) is 25.7 Å². The van der Waals surface area contributed by atoms with Crippen molar-refractivity contribution < 1.29 is 13.2 Å². The fourth-order valence-corrected chi connectivity index (χ4v) is 5.69. The Kier molecular flexibility index (Phi) is 6.86. The summed E-state index contributed by atoms with van der Waals surface area (Å²) in [6.45, 7) is 8.12. The van der Waals surface area contributed by atoms with Crippen LogP contribution in [-0.4, -0.2) is 45.4 Å². The van der Waals surface area contributed by atoms with Crippen LogP contribution in [0, 0.1) is 20.8 Å². The average molecular weight is 498 g/mol. The molecule has 178 valence electrons. The molecule has 3 aromatic rings. The largest absolute Gasteiger partial charge is 0.368 e. The lowest BCUT2D eigenvalue weighted by atomic mass is 10.1. The topological polar surface area (TPSA) is 69.7 Å². The van der Waals surface area contributed by atoms with Crippen molar-refractivity contribution in [2.75, 3.05) is 35.8 Å². The minimum atomic E-state index is -3.84. The minimum Gasteiger partial charge on any atom is -0.368 e. The molecule has 0 radical (unpaired) electrons. The number of sulfonamides is 1. The molecule has 0 aromatic heterocycles. The van der Waals surface area contributed by atoms with Gasteiger partial charge in [-0.05, 0) is 73.9 Å². The van der Waals surface area contributed by atoms with E-state index >= 15 is 0 Å². The van der Waals surface area contributed by atoms with E-state index < -0.39 is 10.0 Å². The molecule has 1 N–H and O–H groups in total. The highest BCUT2D eigenvalue weighted by Gasteiger charge is 2.25. The molecule has 8 heteroatoms.